The van der Waals surface area contributed by atoms with Crippen molar-refractivity contribution >= 4 is 21.9 Å². The van der Waals surface area contributed by atoms with Gasteiger partial charge in [0.25, 0.3) is 11.8 Å². The predicted molar refractivity (Wildman–Crippen MR) is 132 cm³/mol. The minimum absolute atomic E-state index is 0.00753. The van der Waals surface area contributed by atoms with Crippen molar-refractivity contribution < 1.29 is 27.2 Å². The standard InChI is InChI=1S/C25H30N4O6S/c1-5-29(6-2)36(32,33)20-14-10-13-19(15-20)23(30)26-22(17(3)4)25(31)34-16-21-27-28-24(35-21)18-11-8-7-9-12-18/h7-15,17,22H,5-6,16H2,1-4H3,(H,26,30). The van der Waals surface area contributed by atoms with Crippen molar-refractivity contribution in [3.63, 3.8) is 0 Å². The summed E-state index contributed by atoms with van der Waals surface area (Å²) in [5, 5.41) is 10.5. The number of nitrogens with zero attached hydrogens (tertiary/aromatic N) is 3. The van der Waals surface area contributed by atoms with Crippen molar-refractivity contribution in [2.45, 2.75) is 45.2 Å². The van der Waals surface area contributed by atoms with Crippen molar-refractivity contribution in [1.29, 1.82) is 0 Å². The average Bonchev–Trinajstić information content (AvgIpc) is 3.36. The quantitative estimate of drug-likeness (QED) is 0.386. The Kier molecular flexibility index (Phi) is 8.94. The maximum atomic E-state index is 12.9. The number of benzene rings is 2. The summed E-state index contributed by atoms with van der Waals surface area (Å²) in [4.78, 5) is 25.7. The number of carbonyl (C=O) groups excluding carboxylic acids is 2. The maximum Gasteiger partial charge on any atom is 0.329 e. The Morgan fingerprint density at radius 3 is 2.36 bits per heavy atom. The average molecular weight is 515 g/mol. The smallest absolute Gasteiger partial charge is 0.329 e. The Balaban J connectivity index is 1.68. The first kappa shape index (κ1) is 27.0. The van der Waals surface area contributed by atoms with Crippen LogP contribution in [0.2, 0.25) is 0 Å². The van der Waals surface area contributed by atoms with Crippen LogP contribution in [0.3, 0.4) is 0 Å². The summed E-state index contributed by atoms with van der Waals surface area (Å²) in [6, 6.07) is 13.9. The third kappa shape index (κ3) is 6.35. The van der Waals surface area contributed by atoms with Crippen LogP contribution in [0.15, 0.2) is 63.9 Å². The molecule has 3 aromatic rings. The van der Waals surface area contributed by atoms with E-state index in [0.717, 1.165) is 5.56 Å². The van der Waals surface area contributed by atoms with E-state index in [4.69, 9.17) is 9.15 Å². The van der Waals surface area contributed by atoms with Gasteiger partial charge in [0.05, 0.1) is 4.90 Å². The van der Waals surface area contributed by atoms with Crippen LogP contribution in [-0.4, -0.2) is 53.9 Å². The van der Waals surface area contributed by atoms with Gasteiger partial charge in [0.15, 0.2) is 6.61 Å². The van der Waals surface area contributed by atoms with Crippen LogP contribution in [0.5, 0.6) is 0 Å². The normalized spacial score (nSPS) is 12.5. The van der Waals surface area contributed by atoms with Gasteiger partial charge in [-0.1, -0.05) is 52.0 Å². The molecule has 36 heavy (non-hydrogen) atoms. The summed E-state index contributed by atoms with van der Waals surface area (Å²) in [5.41, 5.74) is 0.853. The van der Waals surface area contributed by atoms with Crippen molar-refractivity contribution in [3.05, 3.63) is 66.1 Å². The molecule has 0 bridgehead atoms. The molecule has 0 aliphatic rings. The van der Waals surface area contributed by atoms with E-state index in [1.807, 2.05) is 30.3 Å². The van der Waals surface area contributed by atoms with Gasteiger partial charge in [-0.25, -0.2) is 13.2 Å². The number of esters is 1. The molecular weight excluding hydrogens is 484 g/mol. The molecule has 0 radical (unpaired) electrons. The van der Waals surface area contributed by atoms with E-state index >= 15 is 0 Å². The van der Waals surface area contributed by atoms with Gasteiger partial charge < -0.3 is 14.5 Å². The van der Waals surface area contributed by atoms with Crippen LogP contribution in [0.1, 0.15) is 43.9 Å². The number of rotatable bonds is 11. The van der Waals surface area contributed by atoms with Crippen molar-refractivity contribution in [2.24, 2.45) is 5.92 Å². The largest absolute Gasteiger partial charge is 0.454 e. The minimum atomic E-state index is -3.74. The fourth-order valence-electron chi connectivity index (χ4n) is 3.46. The van der Waals surface area contributed by atoms with E-state index in [1.54, 1.807) is 27.7 Å². The highest BCUT2D eigenvalue weighted by molar-refractivity contribution is 7.89. The zero-order valence-electron chi connectivity index (χ0n) is 20.7. The van der Waals surface area contributed by atoms with Crippen LogP contribution >= 0.6 is 0 Å². The van der Waals surface area contributed by atoms with Gasteiger partial charge in [-0.3, -0.25) is 4.79 Å². The van der Waals surface area contributed by atoms with Crippen LogP contribution < -0.4 is 5.32 Å². The van der Waals surface area contributed by atoms with Crippen LogP contribution in [0, 0.1) is 5.92 Å². The number of aromatic nitrogens is 2. The molecule has 1 amide bonds. The Morgan fingerprint density at radius 2 is 1.72 bits per heavy atom. The molecule has 1 unspecified atom stereocenters. The van der Waals surface area contributed by atoms with Gasteiger partial charge in [-0.2, -0.15) is 4.31 Å². The minimum Gasteiger partial charge on any atom is -0.454 e. The van der Waals surface area contributed by atoms with Gasteiger partial charge in [0.1, 0.15) is 6.04 Å². The molecule has 3 rings (SSSR count). The van der Waals surface area contributed by atoms with Gasteiger partial charge >= 0.3 is 5.97 Å². The van der Waals surface area contributed by atoms with E-state index in [1.165, 1.54) is 28.6 Å². The number of hydrogen-bond acceptors (Lipinski definition) is 8. The Hall–Kier alpha value is -3.57. The van der Waals surface area contributed by atoms with Crippen LogP contribution in [-0.2, 0) is 26.2 Å². The molecule has 0 fully saturated rings. The van der Waals surface area contributed by atoms with E-state index in [-0.39, 0.29) is 28.9 Å². The molecule has 0 aliphatic carbocycles. The monoisotopic (exact) mass is 514 g/mol. The summed E-state index contributed by atoms with van der Waals surface area (Å²) >= 11 is 0. The van der Waals surface area contributed by atoms with Crippen molar-refractivity contribution in [3.8, 4) is 11.5 Å². The van der Waals surface area contributed by atoms with E-state index in [2.05, 4.69) is 15.5 Å². The summed E-state index contributed by atoms with van der Waals surface area (Å²) in [7, 11) is -3.74. The zero-order chi connectivity index (χ0) is 26.3. The summed E-state index contributed by atoms with van der Waals surface area (Å²) < 4.78 is 37.8. The second-order valence-corrected chi connectivity index (χ2v) is 10.2. The predicted octanol–water partition coefficient (Wildman–Crippen LogP) is 3.26. The number of amides is 1. The molecule has 0 spiro atoms. The molecule has 192 valence electrons. The molecule has 0 saturated heterocycles. The van der Waals surface area contributed by atoms with Gasteiger partial charge in [0.2, 0.25) is 15.9 Å². The highest BCUT2D eigenvalue weighted by Gasteiger charge is 2.28. The van der Waals surface area contributed by atoms with Crippen molar-refractivity contribution in [1.82, 2.24) is 19.8 Å². The first-order valence-corrected chi connectivity index (χ1v) is 13.1. The molecule has 11 heteroatoms. The highest BCUT2D eigenvalue weighted by Crippen LogP contribution is 2.19. The SMILES string of the molecule is CCN(CC)S(=O)(=O)c1cccc(C(=O)NC(C(=O)OCc2nnc(-c3ccccc3)o2)C(C)C)c1. The summed E-state index contributed by atoms with van der Waals surface area (Å²) in [6.45, 7) is 7.37. The molecule has 1 atom stereocenters. The first-order valence-electron chi connectivity index (χ1n) is 11.6. The molecular formula is C25H30N4O6S. The van der Waals surface area contributed by atoms with E-state index in [0.29, 0.717) is 19.0 Å². The van der Waals surface area contributed by atoms with Crippen LogP contribution in [0.25, 0.3) is 11.5 Å². The van der Waals surface area contributed by atoms with Gasteiger partial charge in [-0.05, 0) is 36.2 Å². The maximum absolute atomic E-state index is 12.9. The van der Waals surface area contributed by atoms with Crippen molar-refractivity contribution in [2.75, 3.05) is 13.1 Å². The summed E-state index contributed by atoms with van der Waals surface area (Å²) in [5.74, 6) is -1.15. The lowest BCUT2D eigenvalue weighted by Gasteiger charge is -2.21. The molecule has 10 nitrogen and oxygen atoms in total. The van der Waals surface area contributed by atoms with Gasteiger partial charge in [-0.15, -0.1) is 10.2 Å². The number of sulfonamides is 1. The molecule has 2 aromatic carbocycles. The number of nitrogens with one attached hydrogen (secondary N) is 1. The third-order valence-corrected chi connectivity index (χ3v) is 7.52. The fourth-order valence-corrected chi connectivity index (χ4v) is 4.97. The van der Waals surface area contributed by atoms with Crippen LogP contribution in [0.4, 0.5) is 0 Å². The molecule has 1 heterocycles. The lowest BCUT2D eigenvalue weighted by molar-refractivity contribution is -0.149. The first-order chi connectivity index (χ1) is 17.2. The molecule has 1 N–H and O–H groups in total. The fraction of sp³-hybridized carbons (Fsp3) is 0.360. The second-order valence-electron chi connectivity index (χ2n) is 8.29. The zero-order valence-corrected chi connectivity index (χ0v) is 21.5. The number of ether oxygens (including phenoxy) is 1. The second kappa shape index (κ2) is 11.9. The van der Waals surface area contributed by atoms with E-state index < -0.39 is 27.9 Å². The number of carbonyl (C=O) groups is 2. The highest BCUT2D eigenvalue weighted by atomic mass is 32.2. The lowest BCUT2D eigenvalue weighted by Crippen LogP contribution is -2.45. The Labute approximate surface area is 210 Å². The summed E-state index contributed by atoms with van der Waals surface area (Å²) in [6.07, 6.45) is 0. The van der Waals surface area contributed by atoms with E-state index in [9.17, 15) is 18.0 Å². The Morgan fingerprint density at radius 1 is 1.03 bits per heavy atom. The molecule has 0 aliphatic heterocycles. The molecule has 0 saturated carbocycles. The molecule has 1 aromatic heterocycles. The number of hydrogen-bond donors (Lipinski definition) is 1. The lowest BCUT2D eigenvalue weighted by atomic mass is 10.0. The van der Waals surface area contributed by atoms with Gasteiger partial charge in [0, 0.05) is 24.2 Å². The third-order valence-electron chi connectivity index (χ3n) is 5.47. The topological polar surface area (TPSA) is 132 Å². The Bertz CT molecular complexity index is 1290.